The third kappa shape index (κ3) is 5.61. The maximum absolute atomic E-state index is 17.4. The maximum atomic E-state index is 17.4. The SMILES string of the molecule is Cn1c(-c2[c-]c(C(F)c3[c-]c4c(cc3)[Si](c3ccccc3)(c3ccccc3)c3cc5sc6ccccc6c5cc3C4c3ccccn3)ccc2)nc2ccccc21.[Pd+2]. The molecule has 1 aliphatic heterocycles. The summed E-state index contributed by atoms with van der Waals surface area (Å²) >= 11 is 1.85. The van der Waals surface area contributed by atoms with Gasteiger partial charge in [0.2, 0.25) is 0 Å². The Kier molecular flexibility index (Phi) is 9.15. The van der Waals surface area contributed by atoms with Gasteiger partial charge >= 0.3 is 20.4 Å². The van der Waals surface area contributed by atoms with Gasteiger partial charge in [-0.3, -0.25) is 9.97 Å². The number of hydrogen-bond donors (Lipinski definition) is 0. The average Bonchev–Trinajstić information content (AvgIpc) is 3.82. The zero-order valence-corrected chi connectivity index (χ0v) is 34.7. The summed E-state index contributed by atoms with van der Waals surface area (Å²) in [5, 5.41) is 7.58. The third-order valence-corrected chi connectivity index (χ3v) is 17.8. The van der Waals surface area contributed by atoms with E-state index in [4.69, 9.17) is 9.97 Å². The Balaban J connectivity index is 0.00000408. The number of aromatic nitrogens is 3. The zero-order valence-electron chi connectivity index (χ0n) is 31.3. The Morgan fingerprint density at radius 3 is 2.12 bits per heavy atom. The van der Waals surface area contributed by atoms with Crippen LogP contribution in [0, 0.1) is 12.1 Å². The van der Waals surface area contributed by atoms with Crippen molar-refractivity contribution in [3.63, 3.8) is 0 Å². The van der Waals surface area contributed by atoms with Crippen LogP contribution in [0.3, 0.4) is 0 Å². The minimum Gasteiger partial charge on any atom is -0.367 e. The van der Waals surface area contributed by atoms with E-state index in [0.29, 0.717) is 11.1 Å². The van der Waals surface area contributed by atoms with Gasteiger partial charge in [0, 0.05) is 39.3 Å². The summed E-state index contributed by atoms with van der Waals surface area (Å²) in [5.41, 5.74) is 6.68. The molecule has 3 aromatic heterocycles. The molecule has 3 nitrogen and oxygen atoms in total. The van der Waals surface area contributed by atoms with Gasteiger partial charge in [0.15, 0.2) is 0 Å². The van der Waals surface area contributed by atoms with Crippen LogP contribution in [-0.4, -0.2) is 22.6 Å². The normalized spacial score (nSPS) is 14.8. The van der Waals surface area contributed by atoms with Gasteiger partial charge in [0.1, 0.15) is 14.2 Å². The smallest absolute Gasteiger partial charge is 0.367 e. The second kappa shape index (κ2) is 14.5. The second-order valence-electron chi connectivity index (χ2n) is 14.8. The molecule has 1 aliphatic rings. The summed E-state index contributed by atoms with van der Waals surface area (Å²) < 4.78 is 21.9. The summed E-state index contributed by atoms with van der Waals surface area (Å²) in [4.78, 5) is 9.90. The molecule has 0 saturated carbocycles. The maximum Gasteiger partial charge on any atom is 2.00 e. The van der Waals surface area contributed by atoms with Crippen LogP contribution in [0.15, 0.2) is 176 Å². The van der Waals surface area contributed by atoms with E-state index in [1.54, 1.807) is 0 Å². The molecule has 0 aliphatic carbocycles. The van der Waals surface area contributed by atoms with E-state index in [1.165, 1.54) is 46.5 Å². The molecule has 0 fully saturated rings. The molecule has 2 atom stereocenters. The van der Waals surface area contributed by atoms with Gasteiger partial charge in [0.25, 0.3) is 0 Å². The first-order valence-corrected chi connectivity index (χ1v) is 22.0. The fraction of sp³-hybridized carbons (Fsp3) is 0.0588. The van der Waals surface area contributed by atoms with E-state index in [9.17, 15) is 0 Å². The summed E-state index contributed by atoms with van der Waals surface area (Å²) in [6.07, 6.45) is 0.396. The van der Waals surface area contributed by atoms with Crippen molar-refractivity contribution < 1.29 is 24.8 Å². The van der Waals surface area contributed by atoms with Crippen LogP contribution in [0.1, 0.15) is 40.0 Å². The molecule has 10 aromatic rings. The van der Waals surface area contributed by atoms with Crippen LogP contribution in [0.2, 0.25) is 0 Å². The summed E-state index contributed by atoms with van der Waals surface area (Å²) in [5.74, 6) is 0.482. The number of para-hydroxylation sites is 2. The first-order valence-electron chi connectivity index (χ1n) is 19.2. The number of thiophene rings is 1. The topological polar surface area (TPSA) is 30.7 Å². The van der Waals surface area contributed by atoms with Crippen molar-refractivity contribution in [3.8, 4) is 11.4 Å². The first kappa shape index (κ1) is 36.5. The van der Waals surface area contributed by atoms with Gasteiger partial charge in [-0.1, -0.05) is 118 Å². The molecule has 2 unspecified atom stereocenters. The predicted octanol–water partition coefficient (Wildman–Crippen LogP) is 9.53. The molecule has 11 rings (SSSR count). The number of aryl methyl sites for hydroxylation is 1. The fourth-order valence-electron chi connectivity index (χ4n) is 9.22. The van der Waals surface area contributed by atoms with Crippen molar-refractivity contribution >= 4 is 71.4 Å². The van der Waals surface area contributed by atoms with Crippen molar-refractivity contribution in [2.75, 3.05) is 0 Å². The van der Waals surface area contributed by atoms with Gasteiger partial charge < -0.3 is 4.57 Å². The minimum absolute atomic E-state index is 0. The standard InChI is InChI=1S/C51H34FN3SSi.Pd/c1-55-44-24-10-9-22-42(44)54-51(55)35-16-14-15-33(29-35)50(52)34-26-27-47-40(30-34)49(43-23-12-13-28-53-43)41-31-39-38-21-8-11-25-45(38)56-46(39)32-48(41)57(47,36-17-4-2-5-18-36)37-19-6-3-7-20-37;/h2-28,31-32,49-50H,1H3;/q-2;+2. The largest absolute Gasteiger partial charge is 2.00 e. The van der Waals surface area contributed by atoms with E-state index in [1.807, 2.05) is 83.7 Å². The van der Waals surface area contributed by atoms with Crippen molar-refractivity contribution in [3.05, 3.63) is 216 Å². The number of alkyl halides is 1. The van der Waals surface area contributed by atoms with E-state index in [2.05, 4.69) is 127 Å². The van der Waals surface area contributed by atoms with Gasteiger partial charge in [-0.05, 0) is 48.0 Å². The molecule has 0 radical (unpaired) electrons. The Bertz CT molecular complexity index is 3090. The zero-order chi connectivity index (χ0) is 38.1. The Labute approximate surface area is 355 Å². The molecule has 0 spiro atoms. The van der Waals surface area contributed by atoms with E-state index in [0.717, 1.165) is 33.7 Å². The van der Waals surface area contributed by atoms with Crippen LogP contribution in [0.5, 0.6) is 0 Å². The molecule has 7 aromatic carbocycles. The van der Waals surface area contributed by atoms with Gasteiger partial charge in [0.05, 0.1) is 22.6 Å². The minimum atomic E-state index is -3.02. The molecule has 7 heteroatoms. The fourth-order valence-corrected chi connectivity index (χ4v) is 15.7. The summed E-state index contributed by atoms with van der Waals surface area (Å²) in [6.45, 7) is 0. The van der Waals surface area contributed by atoms with Gasteiger partial charge in [-0.2, -0.15) is 18.2 Å². The summed E-state index contributed by atoms with van der Waals surface area (Å²) in [7, 11) is -1.03. The molecule has 0 amide bonds. The number of halogens is 1. The molecule has 4 heterocycles. The van der Waals surface area contributed by atoms with Crippen molar-refractivity contribution in [1.82, 2.24) is 14.5 Å². The number of rotatable bonds is 6. The molecular formula is C51H34FN3PdSSi. The molecule has 0 saturated heterocycles. The Morgan fingerprint density at radius 2 is 1.36 bits per heavy atom. The Morgan fingerprint density at radius 1 is 0.655 bits per heavy atom. The Hall–Kier alpha value is -5.81. The molecule has 0 bridgehead atoms. The quantitative estimate of drug-likeness (QED) is 0.123. The number of fused-ring (bicyclic) bond motifs is 6. The summed E-state index contributed by atoms with van der Waals surface area (Å²) in [6, 6.07) is 66.7. The van der Waals surface area contributed by atoms with Crippen molar-refractivity contribution in [2.24, 2.45) is 7.05 Å². The number of pyridine rings is 1. The van der Waals surface area contributed by atoms with Crippen molar-refractivity contribution in [1.29, 1.82) is 0 Å². The molecule has 280 valence electrons. The van der Waals surface area contributed by atoms with E-state index >= 15 is 4.39 Å². The number of imidazole rings is 1. The average molecular weight is 874 g/mol. The molecule has 0 N–H and O–H groups in total. The van der Waals surface area contributed by atoms with Crippen LogP contribution >= 0.6 is 11.3 Å². The predicted molar refractivity (Wildman–Crippen MR) is 235 cm³/mol. The first-order chi connectivity index (χ1) is 28.1. The van der Waals surface area contributed by atoms with Crippen LogP contribution in [0.25, 0.3) is 42.6 Å². The number of benzene rings is 7. The second-order valence-corrected chi connectivity index (χ2v) is 19.6. The van der Waals surface area contributed by atoms with Gasteiger partial charge in [-0.25, -0.2) is 4.39 Å². The molecular weight excluding hydrogens is 840 g/mol. The number of nitrogens with zero attached hydrogens (tertiary/aromatic N) is 3. The van der Waals surface area contributed by atoms with E-state index in [-0.39, 0.29) is 26.3 Å². The van der Waals surface area contributed by atoms with Crippen molar-refractivity contribution in [2.45, 2.75) is 12.1 Å². The molecule has 58 heavy (non-hydrogen) atoms. The third-order valence-electron chi connectivity index (χ3n) is 11.7. The van der Waals surface area contributed by atoms with E-state index < -0.39 is 14.2 Å². The van der Waals surface area contributed by atoms with Crippen LogP contribution in [0.4, 0.5) is 4.39 Å². The number of hydrogen-bond acceptors (Lipinski definition) is 3. The monoisotopic (exact) mass is 873 g/mol. The van der Waals surface area contributed by atoms with Crippen LogP contribution in [-0.2, 0) is 27.5 Å². The van der Waals surface area contributed by atoms with Gasteiger partial charge in [-0.15, -0.1) is 57.5 Å². The van der Waals surface area contributed by atoms with Crippen LogP contribution < -0.4 is 20.7 Å².